The highest BCUT2D eigenvalue weighted by Crippen LogP contribution is 2.24. The van der Waals surface area contributed by atoms with E-state index < -0.39 is 5.82 Å². The van der Waals surface area contributed by atoms with Crippen LogP contribution in [0.2, 0.25) is 0 Å². The maximum atomic E-state index is 14.4. The van der Waals surface area contributed by atoms with Gasteiger partial charge in [0.05, 0.1) is 30.7 Å². The molecule has 0 aliphatic carbocycles. The van der Waals surface area contributed by atoms with E-state index in [1.165, 1.54) is 4.90 Å². The van der Waals surface area contributed by atoms with E-state index >= 15 is 0 Å². The van der Waals surface area contributed by atoms with Gasteiger partial charge < -0.3 is 10.1 Å². The van der Waals surface area contributed by atoms with Crippen LogP contribution in [0.4, 0.5) is 27.5 Å². The number of nitrogens with one attached hydrogen (secondary N) is 2. The van der Waals surface area contributed by atoms with Crippen molar-refractivity contribution in [1.29, 1.82) is 0 Å². The Kier molecular flexibility index (Phi) is 5.27. The highest BCUT2D eigenvalue weighted by atomic mass is 19.1. The molecule has 148 valence electrons. The SMILES string of the molecule is O=C1COCCN1c1cccc(-c2nc(Nc3ccc(NO)cc3)ncc2F)n1. The fraction of sp³-hybridized carbons (Fsp3) is 0.158. The predicted molar refractivity (Wildman–Crippen MR) is 104 cm³/mol. The Hall–Kier alpha value is -3.63. The molecule has 1 aliphatic rings. The summed E-state index contributed by atoms with van der Waals surface area (Å²) in [6.45, 7) is 0.789. The van der Waals surface area contributed by atoms with Crippen molar-refractivity contribution >= 4 is 29.0 Å². The molecule has 0 saturated carbocycles. The number of rotatable bonds is 5. The monoisotopic (exact) mass is 396 g/mol. The Bertz CT molecular complexity index is 1030. The smallest absolute Gasteiger partial charge is 0.254 e. The van der Waals surface area contributed by atoms with Crippen molar-refractivity contribution in [2.75, 3.05) is 35.5 Å². The molecule has 0 bridgehead atoms. The van der Waals surface area contributed by atoms with E-state index in [9.17, 15) is 9.18 Å². The fourth-order valence-electron chi connectivity index (χ4n) is 2.83. The van der Waals surface area contributed by atoms with Crippen LogP contribution in [0, 0.1) is 5.82 Å². The number of pyridine rings is 1. The number of nitrogens with zero attached hydrogens (tertiary/aromatic N) is 4. The largest absolute Gasteiger partial charge is 0.370 e. The number of hydrogen-bond donors (Lipinski definition) is 3. The molecule has 10 heteroatoms. The number of amides is 1. The van der Waals surface area contributed by atoms with Gasteiger partial charge in [-0.05, 0) is 36.4 Å². The molecule has 1 fully saturated rings. The summed E-state index contributed by atoms with van der Waals surface area (Å²) < 4.78 is 19.5. The average molecular weight is 396 g/mol. The summed E-state index contributed by atoms with van der Waals surface area (Å²) in [6, 6.07) is 11.7. The summed E-state index contributed by atoms with van der Waals surface area (Å²) in [7, 11) is 0. The first-order valence-corrected chi connectivity index (χ1v) is 8.79. The van der Waals surface area contributed by atoms with Gasteiger partial charge >= 0.3 is 0 Å². The van der Waals surface area contributed by atoms with E-state index in [0.717, 1.165) is 6.20 Å². The van der Waals surface area contributed by atoms with Crippen molar-refractivity contribution in [3.63, 3.8) is 0 Å². The third-order valence-electron chi connectivity index (χ3n) is 4.25. The first kappa shape index (κ1) is 18.7. The highest BCUT2D eigenvalue weighted by molar-refractivity contribution is 5.94. The second kappa shape index (κ2) is 8.17. The lowest BCUT2D eigenvalue weighted by molar-refractivity contribution is -0.125. The number of carbonyl (C=O) groups is 1. The summed E-state index contributed by atoms with van der Waals surface area (Å²) in [5.74, 6) is -0.239. The molecule has 3 N–H and O–H groups in total. The van der Waals surface area contributed by atoms with E-state index in [2.05, 4.69) is 20.3 Å². The third-order valence-corrected chi connectivity index (χ3v) is 4.25. The zero-order chi connectivity index (χ0) is 20.2. The number of hydrogen-bond acceptors (Lipinski definition) is 8. The Morgan fingerprint density at radius 3 is 2.66 bits per heavy atom. The molecule has 1 aromatic carbocycles. The average Bonchev–Trinajstić information content (AvgIpc) is 2.76. The Balaban J connectivity index is 1.62. The van der Waals surface area contributed by atoms with Crippen LogP contribution >= 0.6 is 0 Å². The molecule has 0 spiro atoms. The lowest BCUT2D eigenvalue weighted by Crippen LogP contribution is -2.42. The molecule has 1 amide bonds. The number of halogens is 1. The van der Waals surface area contributed by atoms with Crippen molar-refractivity contribution in [2.24, 2.45) is 0 Å². The van der Waals surface area contributed by atoms with Gasteiger partial charge in [0.25, 0.3) is 5.91 Å². The van der Waals surface area contributed by atoms with Gasteiger partial charge in [-0.2, -0.15) is 0 Å². The minimum absolute atomic E-state index is 0.00750. The minimum atomic E-state index is -0.631. The minimum Gasteiger partial charge on any atom is -0.370 e. The zero-order valence-electron chi connectivity index (χ0n) is 15.2. The highest BCUT2D eigenvalue weighted by Gasteiger charge is 2.22. The maximum absolute atomic E-state index is 14.4. The molecule has 2 aromatic heterocycles. The second-order valence-corrected chi connectivity index (χ2v) is 6.18. The van der Waals surface area contributed by atoms with Crippen LogP contribution in [0.3, 0.4) is 0 Å². The molecule has 4 rings (SSSR count). The first-order chi connectivity index (χ1) is 14.1. The summed E-state index contributed by atoms with van der Waals surface area (Å²) in [6.07, 6.45) is 1.06. The van der Waals surface area contributed by atoms with Crippen LogP contribution in [0.5, 0.6) is 0 Å². The molecule has 29 heavy (non-hydrogen) atoms. The van der Waals surface area contributed by atoms with Gasteiger partial charge in [-0.3, -0.25) is 20.4 Å². The standard InChI is InChI=1S/C19H17FN6O3/c20-14-10-21-19(22-12-4-6-13(25-28)7-5-12)24-18(14)15-2-1-3-16(23-15)26-8-9-29-11-17(26)27/h1-7,10,25,28H,8-9,11H2,(H,21,22,24). The van der Waals surface area contributed by atoms with Crippen molar-refractivity contribution in [3.8, 4) is 11.4 Å². The van der Waals surface area contributed by atoms with Gasteiger partial charge in [0, 0.05) is 5.69 Å². The summed E-state index contributed by atoms with van der Waals surface area (Å²) in [4.78, 5) is 26.1. The number of carbonyl (C=O) groups excluding carboxylic acids is 1. The number of benzene rings is 1. The fourth-order valence-corrected chi connectivity index (χ4v) is 2.83. The van der Waals surface area contributed by atoms with Crippen LogP contribution in [-0.2, 0) is 9.53 Å². The van der Waals surface area contributed by atoms with Crippen LogP contribution in [0.25, 0.3) is 11.4 Å². The normalized spacial score (nSPS) is 14.0. The van der Waals surface area contributed by atoms with Crippen LogP contribution < -0.4 is 15.7 Å². The van der Waals surface area contributed by atoms with Gasteiger partial charge in [0.1, 0.15) is 18.1 Å². The second-order valence-electron chi connectivity index (χ2n) is 6.18. The summed E-state index contributed by atoms with van der Waals surface area (Å²) in [5, 5.41) is 11.8. The molecule has 0 atom stereocenters. The number of morpholine rings is 1. The van der Waals surface area contributed by atoms with Gasteiger partial charge in [-0.1, -0.05) is 6.07 Å². The first-order valence-electron chi connectivity index (χ1n) is 8.79. The molecule has 0 radical (unpaired) electrons. The topological polar surface area (TPSA) is 112 Å². The number of ether oxygens (including phenoxy) is 1. The lowest BCUT2D eigenvalue weighted by Gasteiger charge is -2.26. The van der Waals surface area contributed by atoms with Crippen LogP contribution in [0.1, 0.15) is 0 Å². The lowest BCUT2D eigenvalue weighted by atomic mass is 10.2. The zero-order valence-corrected chi connectivity index (χ0v) is 15.2. The van der Waals surface area contributed by atoms with Gasteiger partial charge in [-0.15, -0.1) is 0 Å². The van der Waals surface area contributed by atoms with E-state index in [1.807, 2.05) is 5.48 Å². The molecule has 0 unspecified atom stereocenters. The maximum Gasteiger partial charge on any atom is 0.254 e. The van der Waals surface area contributed by atoms with Gasteiger partial charge in [0.2, 0.25) is 5.95 Å². The van der Waals surface area contributed by atoms with Crippen molar-refractivity contribution in [1.82, 2.24) is 15.0 Å². The molecule has 1 saturated heterocycles. The Labute approximate surface area is 165 Å². The van der Waals surface area contributed by atoms with Crippen LogP contribution in [0.15, 0.2) is 48.7 Å². The molecule has 3 heterocycles. The van der Waals surface area contributed by atoms with Gasteiger partial charge in [0.15, 0.2) is 5.82 Å². The van der Waals surface area contributed by atoms with E-state index in [4.69, 9.17) is 9.94 Å². The summed E-state index contributed by atoms with van der Waals surface area (Å²) >= 11 is 0. The third kappa shape index (κ3) is 4.13. The number of aromatic nitrogens is 3. The predicted octanol–water partition coefficient (Wildman–Crippen LogP) is 2.59. The summed E-state index contributed by atoms with van der Waals surface area (Å²) in [5.41, 5.74) is 3.51. The quantitative estimate of drug-likeness (QED) is 0.564. The molecule has 1 aliphatic heterocycles. The number of anilines is 4. The molecular formula is C19H17FN6O3. The molecule has 9 nitrogen and oxygen atoms in total. The van der Waals surface area contributed by atoms with E-state index in [0.29, 0.717) is 30.3 Å². The van der Waals surface area contributed by atoms with E-state index in [1.54, 1.807) is 42.5 Å². The van der Waals surface area contributed by atoms with Crippen molar-refractivity contribution < 1.29 is 19.1 Å². The van der Waals surface area contributed by atoms with Crippen molar-refractivity contribution in [2.45, 2.75) is 0 Å². The molecule has 3 aromatic rings. The van der Waals surface area contributed by atoms with Crippen molar-refractivity contribution in [3.05, 3.63) is 54.5 Å². The Morgan fingerprint density at radius 1 is 1.10 bits per heavy atom. The van der Waals surface area contributed by atoms with Crippen LogP contribution in [-0.4, -0.2) is 45.8 Å². The Morgan fingerprint density at radius 2 is 1.90 bits per heavy atom. The molecular weight excluding hydrogens is 379 g/mol. The van der Waals surface area contributed by atoms with Gasteiger partial charge in [-0.25, -0.2) is 19.3 Å². The van der Waals surface area contributed by atoms with E-state index in [-0.39, 0.29) is 29.9 Å².